The fraction of sp³-hybridized carbons (Fsp3) is 0.0345. The Morgan fingerprint density at radius 1 is 0.278 bits per heavy atom. The highest BCUT2D eigenvalue weighted by atomic mass is 28.3. The van der Waals surface area contributed by atoms with Gasteiger partial charge in [0.25, 0.3) is 0 Å². The van der Waals surface area contributed by atoms with Gasteiger partial charge < -0.3 is 9.47 Å². The second-order valence-corrected chi connectivity index (χ2v) is 28.8. The van der Waals surface area contributed by atoms with Crippen LogP contribution in [0.15, 0.2) is 328 Å². The summed E-state index contributed by atoms with van der Waals surface area (Å²) in [6, 6.07) is 123. The average molecular weight is 1160 g/mol. The lowest BCUT2D eigenvalue weighted by Gasteiger charge is -2.42. The number of para-hydroxylation sites is 1. The molecule has 0 spiro atoms. The highest BCUT2D eigenvalue weighted by Crippen LogP contribution is 2.55. The van der Waals surface area contributed by atoms with E-state index in [-0.39, 0.29) is 0 Å². The molecule has 0 atom stereocenters. The van der Waals surface area contributed by atoms with Crippen LogP contribution in [-0.2, 0) is 5.41 Å². The predicted molar refractivity (Wildman–Crippen MR) is 384 cm³/mol. The molecule has 0 saturated carbocycles. The van der Waals surface area contributed by atoms with Crippen LogP contribution in [0.3, 0.4) is 0 Å². The van der Waals surface area contributed by atoms with Crippen molar-refractivity contribution in [2.45, 2.75) is 19.3 Å². The van der Waals surface area contributed by atoms with Crippen molar-refractivity contribution in [2.24, 2.45) is 0 Å². The molecule has 0 aliphatic carbocycles. The van der Waals surface area contributed by atoms with Gasteiger partial charge in [-0.15, -0.1) is 0 Å². The second-order valence-electron chi connectivity index (χ2n) is 25.1. The summed E-state index contributed by atoms with van der Waals surface area (Å²) >= 11 is 0. The summed E-state index contributed by atoms with van der Waals surface area (Å²) in [5.74, 6) is 0. The highest BCUT2D eigenvalue weighted by molar-refractivity contribution is 7.22. The van der Waals surface area contributed by atoms with Crippen LogP contribution in [-0.4, -0.2) is 12.6 Å². The number of nitrogens with zero attached hydrogens (tertiary/aromatic N) is 2. The molecule has 0 fully saturated rings. The summed E-state index contributed by atoms with van der Waals surface area (Å²) in [6.45, 7) is 4.86. The molecular weight excluding hydrogens is 1100 g/mol. The van der Waals surface area contributed by atoms with Crippen LogP contribution in [0.2, 0.25) is 0 Å². The van der Waals surface area contributed by atoms with Crippen molar-refractivity contribution < 1.29 is 0 Å². The molecule has 2 aliphatic rings. The molecule has 3 heterocycles. The molecule has 15 aromatic carbocycles. The van der Waals surface area contributed by atoms with Gasteiger partial charge in [0.1, 0.15) is 0 Å². The zero-order valence-electron chi connectivity index (χ0n) is 50.1. The molecule has 2 aliphatic heterocycles. The summed E-state index contributed by atoms with van der Waals surface area (Å²) in [5, 5.41) is 15.7. The predicted octanol–water partition coefficient (Wildman–Crippen LogP) is 20.4. The molecule has 0 bridgehead atoms. The Bertz CT molecular complexity index is 5460. The van der Waals surface area contributed by atoms with Crippen LogP contribution in [0, 0.1) is 0 Å². The first-order valence-electron chi connectivity index (χ1n) is 31.5. The van der Waals surface area contributed by atoms with E-state index < -0.39 is 13.5 Å². The van der Waals surface area contributed by atoms with E-state index in [2.05, 4.69) is 351 Å². The lowest BCUT2D eigenvalue weighted by atomic mass is 9.72. The summed E-state index contributed by atoms with van der Waals surface area (Å²) in [6.07, 6.45) is 0. The smallest absolute Gasteiger partial charge is 0.180 e. The van der Waals surface area contributed by atoms with Crippen molar-refractivity contribution in [3.8, 4) is 61.3 Å². The van der Waals surface area contributed by atoms with Gasteiger partial charge in [-0.2, -0.15) is 0 Å². The van der Waals surface area contributed by atoms with Gasteiger partial charge >= 0.3 is 0 Å². The number of benzene rings is 15. The molecule has 16 aromatic rings. The van der Waals surface area contributed by atoms with Crippen molar-refractivity contribution in [1.82, 2.24) is 4.57 Å². The van der Waals surface area contributed by atoms with Gasteiger partial charge in [-0.05, 0) is 193 Å². The Balaban J connectivity index is 0.779. The number of hydrogen-bond acceptors (Lipinski definition) is 1. The zero-order chi connectivity index (χ0) is 59.7. The quantitative estimate of drug-likeness (QED) is 0.109. The summed E-state index contributed by atoms with van der Waals surface area (Å²) < 4.78 is 2.48. The van der Waals surface area contributed by atoms with Gasteiger partial charge in [-0.1, -0.05) is 269 Å². The summed E-state index contributed by atoms with van der Waals surface area (Å²) in [7, 11) is -2.63. The summed E-state index contributed by atoms with van der Waals surface area (Å²) in [4.78, 5) is 2.51. The van der Waals surface area contributed by atoms with Gasteiger partial charge in [-0.3, -0.25) is 0 Å². The van der Waals surface area contributed by atoms with Crippen LogP contribution in [0.4, 0.5) is 17.1 Å². The van der Waals surface area contributed by atoms with Crippen molar-refractivity contribution in [3.05, 3.63) is 339 Å². The van der Waals surface area contributed by atoms with E-state index in [1.54, 1.807) is 0 Å². The standard InChI is InChI=1S/C87H60N2Si/c1-87(2)77-54-61(43-49-81(77)88(65-45-39-58(40-46-65)57-23-7-3-8-24-57)82-50-44-63(55-78(82)87)86-73-35-17-15-33-71(73)85(59-25-9-4-10-26-59)72-34-16-18-36-74(72)86)60-42-48-80-75(52-60)69-31-19-21-37-79(69)89(80)66-47-41-62-56-84-76(53-64(62)51-66)70-32-20-22-38-83(70)90(84,67-27-11-5-12-28-67)68-29-13-6-14-30-68/h3-56H,1-2H3. The van der Waals surface area contributed by atoms with Gasteiger partial charge in [0.05, 0.1) is 22.4 Å². The van der Waals surface area contributed by atoms with E-state index in [4.69, 9.17) is 0 Å². The Morgan fingerprint density at radius 2 is 0.744 bits per heavy atom. The van der Waals surface area contributed by atoms with Gasteiger partial charge in [0.2, 0.25) is 0 Å². The van der Waals surface area contributed by atoms with Crippen LogP contribution < -0.4 is 25.6 Å². The van der Waals surface area contributed by atoms with Gasteiger partial charge in [0, 0.05) is 27.6 Å². The molecule has 422 valence electrons. The minimum absolute atomic E-state index is 0.391. The lowest BCUT2D eigenvalue weighted by molar-refractivity contribution is 0.632. The first-order valence-corrected chi connectivity index (χ1v) is 33.5. The van der Waals surface area contributed by atoms with Crippen LogP contribution in [0.1, 0.15) is 25.0 Å². The van der Waals surface area contributed by atoms with Crippen molar-refractivity contribution in [1.29, 1.82) is 0 Å². The van der Waals surface area contributed by atoms with E-state index in [1.807, 2.05) is 0 Å². The Kier molecular flexibility index (Phi) is 11.7. The molecule has 18 rings (SSSR count). The minimum Gasteiger partial charge on any atom is -0.310 e. The van der Waals surface area contributed by atoms with E-state index in [1.165, 1.54) is 153 Å². The monoisotopic (exact) mass is 1160 g/mol. The first kappa shape index (κ1) is 52.1. The number of anilines is 3. The normalized spacial score (nSPS) is 13.6. The topological polar surface area (TPSA) is 8.17 Å². The molecule has 90 heavy (non-hydrogen) atoms. The molecule has 0 amide bonds. The minimum atomic E-state index is -2.63. The highest BCUT2D eigenvalue weighted by Gasteiger charge is 2.49. The molecule has 0 radical (unpaired) electrons. The lowest BCUT2D eigenvalue weighted by Crippen LogP contribution is -2.72. The van der Waals surface area contributed by atoms with Crippen molar-refractivity contribution >= 4 is 100 Å². The van der Waals surface area contributed by atoms with Crippen LogP contribution in [0.25, 0.3) is 115 Å². The number of aromatic nitrogens is 1. The molecule has 0 unspecified atom stereocenters. The average Bonchev–Trinajstić information content (AvgIpc) is 1.40. The van der Waals surface area contributed by atoms with Crippen LogP contribution >= 0.6 is 0 Å². The molecule has 3 heteroatoms. The fourth-order valence-electron chi connectivity index (χ4n) is 15.9. The maximum Gasteiger partial charge on any atom is 0.180 e. The molecule has 1 aromatic heterocycles. The Morgan fingerprint density at radius 3 is 1.39 bits per heavy atom. The molecular formula is C87H60N2Si. The Labute approximate surface area is 525 Å². The maximum absolute atomic E-state index is 2.63. The molecule has 0 saturated heterocycles. The van der Waals surface area contributed by atoms with E-state index in [9.17, 15) is 0 Å². The number of hydrogen-bond donors (Lipinski definition) is 0. The third kappa shape index (κ3) is 7.76. The van der Waals surface area contributed by atoms with Gasteiger partial charge in [0.15, 0.2) is 8.07 Å². The SMILES string of the molecule is CC1(C)c2cc(-c3ccc4c(c3)c3ccccc3n4-c3ccc4cc5c(cc4c3)-c3ccccc3[Si]5(c3ccccc3)c3ccccc3)ccc2N(c2ccc(-c3ccccc3)cc2)c2ccc(-c3c4ccccc4c(-c4ccccc4)c4ccccc34)cc21. The van der Waals surface area contributed by atoms with E-state index >= 15 is 0 Å². The third-order valence-corrected chi connectivity index (χ3v) is 24.9. The number of fused-ring (bicyclic) bond motifs is 11. The molecule has 2 nitrogen and oxygen atoms in total. The number of rotatable bonds is 8. The van der Waals surface area contributed by atoms with E-state index in [0.29, 0.717) is 0 Å². The van der Waals surface area contributed by atoms with E-state index in [0.717, 1.165) is 11.4 Å². The third-order valence-electron chi connectivity index (χ3n) is 20.0. The summed E-state index contributed by atoms with van der Waals surface area (Å²) in [5.41, 5.74) is 21.7. The molecule has 0 N–H and O–H groups in total. The van der Waals surface area contributed by atoms with Crippen LogP contribution in [0.5, 0.6) is 0 Å². The Hall–Kier alpha value is -11.1. The first-order chi connectivity index (χ1) is 44.4. The fourth-order valence-corrected chi connectivity index (χ4v) is 21.1. The zero-order valence-corrected chi connectivity index (χ0v) is 51.1. The van der Waals surface area contributed by atoms with Gasteiger partial charge in [-0.25, -0.2) is 0 Å². The largest absolute Gasteiger partial charge is 0.310 e. The second kappa shape index (κ2) is 20.2. The maximum atomic E-state index is 2.53. The van der Waals surface area contributed by atoms with Crippen molar-refractivity contribution in [2.75, 3.05) is 4.90 Å². The van der Waals surface area contributed by atoms with Crippen molar-refractivity contribution in [3.63, 3.8) is 0 Å².